The molecule has 0 radical (unpaired) electrons. The Morgan fingerprint density at radius 3 is 2.20 bits per heavy atom. The number of carbonyl (C=O) groups excluding carboxylic acids is 1. The Morgan fingerprint density at radius 2 is 1.65 bits per heavy atom. The molecule has 0 unspecified atom stereocenters. The maximum Gasteiger partial charge on any atom is 0.297 e. The van der Waals surface area contributed by atoms with Crippen LogP contribution in [0.3, 0.4) is 0 Å². The van der Waals surface area contributed by atoms with Gasteiger partial charge in [-0.05, 0) is 30.3 Å². The van der Waals surface area contributed by atoms with Gasteiger partial charge >= 0.3 is 0 Å². The number of hydrogen-bond donors (Lipinski definition) is 1. The number of rotatable bonds is 3. The van der Waals surface area contributed by atoms with E-state index in [0.717, 1.165) is 24.3 Å². The van der Waals surface area contributed by atoms with E-state index in [4.69, 9.17) is 4.55 Å². The Hall–Kier alpha value is -2.12. The maximum absolute atomic E-state index is 13.5. The summed E-state index contributed by atoms with van der Waals surface area (Å²) in [6.07, 6.45) is 0. The second kappa shape index (κ2) is 5.10. The van der Waals surface area contributed by atoms with Crippen molar-refractivity contribution in [2.45, 2.75) is 4.90 Å². The number of carbonyl (C=O) groups is 1. The lowest BCUT2D eigenvalue weighted by Gasteiger charge is -2.04. The van der Waals surface area contributed by atoms with Crippen LogP contribution < -0.4 is 0 Å². The molecular formula is C13H8F2O4S. The molecule has 2 aromatic rings. The highest BCUT2D eigenvalue weighted by Gasteiger charge is 2.18. The maximum atomic E-state index is 13.5. The van der Waals surface area contributed by atoms with E-state index in [-0.39, 0.29) is 11.1 Å². The quantitative estimate of drug-likeness (QED) is 0.698. The zero-order chi connectivity index (χ0) is 14.9. The molecule has 0 saturated carbocycles. The summed E-state index contributed by atoms with van der Waals surface area (Å²) in [6.45, 7) is 0. The molecule has 20 heavy (non-hydrogen) atoms. The number of hydrogen-bond acceptors (Lipinski definition) is 3. The fourth-order valence-electron chi connectivity index (χ4n) is 1.65. The monoisotopic (exact) mass is 298 g/mol. The van der Waals surface area contributed by atoms with E-state index < -0.39 is 32.4 Å². The first-order chi connectivity index (χ1) is 9.29. The molecule has 0 amide bonds. The van der Waals surface area contributed by atoms with Gasteiger partial charge in [0.15, 0.2) is 5.78 Å². The Morgan fingerprint density at radius 1 is 1.00 bits per heavy atom. The molecule has 0 heterocycles. The zero-order valence-corrected chi connectivity index (χ0v) is 10.7. The molecule has 0 saturated heterocycles. The molecule has 104 valence electrons. The average molecular weight is 298 g/mol. The molecule has 0 spiro atoms. The van der Waals surface area contributed by atoms with Crippen molar-refractivity contribution in [3.8, 4) is 0 Å². The van der Waals surface area contributed by atoms with E-state index >= 15 is 0 Å². The smallest absolute Gasteiger partial charge is 0.289 e. The minimum Gasteiger partial charge on any atom is -0.289 e. The Bertz CT molecular complexity index is 785. The summed E-state index contributed by atoms with van der Waals surface area (Å²) < 4.78 is 57.0. The van der Waals surface area contributed by atoms with Crippen LogP contribution in [0.1, 0.15) is 15.9 Å². The molecule has 0 atom stereocenters. The lowest BCUT2D eigenvalue weighted by atomic mass is 10.0. The first-order valence-corrected chi connectivity index (χ1v) is 6.80. The van der Waals surface area contributed by atoms with Crippen molar-refractivity contribution in [3.05, 3.63) is 65.2 Å². The highest BCUT2D eigenvalue weighted by Crippen LogP contribution is 2.18. The largest absolute Gasteiger partial charge is 0.297 e. The van der Waals surface area contributed by atoms with Crippen molar-refractivity contribution in [1.29, 1.82) is 0 Å². The third-order valence-electron chi connectivity index (χ3n) is 2.56. The highest BCUT2D eigenvalue weighted by molar-refractivity contribution is 7.85. The molecule has 0 aliphatic rings. The normalized spacial score (nSPS) is 11.3. The molecular weight excluding hydrogens is 290 g/mol. The Kier molecular flexibility index (Phi) is 3.65. The van der Waals surface area contributed by atoms with Crippen molar-refractivity contribution in [1.82, 2.24) is 0 Å². The van der Waals surface area contributed by atoms with Crippen LogP contribution in [-0.4, -0.2) is 18.8 Å². The molecule has 7 heteroatoms. The van der Waals surface area contributed by atoms with E-state index in [1.807, 2.05) is 0 Å². The summed E-state index contributed by atoms with van der Waals surface area (Å²) in [6, 6.07) is 7.30. The molecule has 2 aromatic carbocycles. The molecule has 2 rings (SSSR count). The van der Waals surface area contributed by atoms with E-state index in [1.54, 1.807) is 0 Å². The first kappa shape index (κ1) is 14.3. The van der Waals surface area contributed by atoms with Gasteiger partial charge in [-0.25, -0.2) is 8.78 Å². The fourth-order valence-corrected chi connectivity index (χ4v) is 2.19. The van der Waals surface area contributed by atoms with Crippen LogP contribution in [0.2, 0.25) is 0 Å². The lowest BCUT2D eigenvalue weighted by molar-refractivity contribution is 0.103. The fraction of sp³-hybridized carbons (Fsp3) is 0. The van der Waals surface area contributed by atoms with Crippen LogP contribution >= 0.6 is 0 Å². The molecule has 0 aliphatic heterocycles. The summed E-state index contributed by atoms with van der Waals surface area (Å²) in [5, 5.41) is 0. The van der Waals surface area contributed by atoms with Gasteiger partial charge in [-0.15, -0.1) is 0 Å². The van der Waals surface area contributed by atoms with Gasteiger partial charge in [-0.3, -0.25) is 9.35 Å². The predicted molar refractivity (Wildman–Crippen MR) is 66.0 cm³/mol. The zero-order valence-electron chi connectivity index (χ0n) is 9.88. The number of ketones is 1. The van der Waals surface area contributed by atoms with Gasteiger partial charge in [0.1, 0.15) is 16.5 Å². The summed E-state index contributed by atoms with van der Waals surface area (Å²) in [4.78, 5) is 11.0. The number of halogens is 2. The molecule has 0 bridgehead atoms. The standard InChI is InChI=1S/C13H8F2O4S/c14-10-3-1-2-8(6-10)13(16)9-4-5-12(11(15)7-9)20(17,18)19/h1-7H,(H,17,18,19). The molecule has 4 nitrogen and oxygen atoms in total. The van der Waals surface area contributed by atoms with E-state index in [2.05, 4.69) is 0 Å². The van der Waals surface area contributed by atoms with Gasteiger partial charge in [0.25, 0.3) is 10.1 Å². The molecule has 0 aliphatic carbocycles. The third-order valence-corrected chi connectivity index (χ3v) is 3.45. The van der Waals surface area contributed by atoms with Gasteiger partial charge in [0, 0.05) is 11.1 Å². The van der Waals surface area contributed by atoms with E-state index in [0.29, 0.717) is 6.07 Å². The topological polar surface area (TPSA) is 71.4 Å². The SMILES string of the molecule is O=C(c1cccc(F)c1)c1ccc(S(=O)(=O)O)c(F)c1. The predicted octanol–water partition coefficient (Wildman–Crippen LogP) is 2.44. The second-order valence-corrected chi connectivity index (χ2v) is 5.35. The van der Waals surface area contributed by atoms with Crippen LogP contribution in [0.15, 0.2) is 47.4 Å². The van der Waals surface area contributed by atoms with E-state index in [1.165, 1.54) is 12.1 Å². The van der Waals surface area contributed by atoms with Crippen molar-refractivity contribution in [2.24, 2.45) is 0 Å². The van der Waals surface area contributed by atoms with Crippen molar-refractivity contribution >= 4 is 15.9 Å². The van der Waals surface area contributed by atoms with Crippen LogP contribution in [0.25, 0.3) is 0 Å². The third kappa shape index (κ3) is 2.89. The second-order valence-electron chi connectivity index (χ2n) is 3.96. The Balaban J connectivity index is 2.45. The molecule has 0 aromatic heterocycles. The Labute approximate surface area is 113 Å². The highest BCUT2D eigenvalue weighted by atomic mass is 32.2. The van der Waals surface area contributed by atoms with Crippen LogP contribution in [0, 0.1) is 11.6 Å². The summed E-state index contributed by atoms with van der Waals surface area (Å²) in [5.41, 5.74) is -0.149. The minimum atomic E-state index is -4.69. The van der Waals surface area contributed by atoms with Gasteiger partial charge in [0.05, 0.1) is 0 Å². The summed E-state index contributed by atoms with van der Waals surface area (Å²) in [7, 11) is -4.69. The van der Waals surface area contributed by atoms with Crippen molar-refractivity contribution in [3.63, 3.8) is 0 Å². The summed E-state index contributed by atoms with van der Waals surface area (Å²) in [5.74, 6) is -2.54. The average Bonchev–Trinajstić information content (AvgIpc) is 2.36. The van der Waals surface area contributed by atoms with Crippen molar-refractivity contribution in [2.75, 3.05) is 0 Å². The summed E-state index contributed by atoms with van der Waals surface area (Å²) >= 11 is 0. The minimum absolute atomic E-state index is 0.00371. The molecule has 1 N–H and O–H groups in total. The van der Waals surface area contributed by atoms with E-state index in [9.17, 15) is 22.0 Å². The van der Waals surface area contributed by atoms with Gasteiger partial charge in [0.2, 0.25) is 0 Å². The van der Waals surface area contributed by atoms with Crippen LogP contribution in [-0.2, 0) is 10.1 Å². The van der Waals surface area contributed by atoms with Crippen molar-refractivity contribution < 1.29 is 26.5 Å². The van der Waals surface area contributed by atoms with Crippen LogP contribution in [0.4, 0.5) is 8.78 Å². The number of benzene rings is 2. The van der Waals surface area contributed by atoms with Gasteiger partial charge < -0.3 is 0 Å². The van der Waals surface area contributed by atoms with Gasteiger partial charge in [-0.1, -0.05) is 12.1 Å². The van der Waals surface area contributed by atoms with Gasteiger partial charge in [-0.2, -0.15) is 8.42 Å². The molecule has 0 fully saturated rings. The first-order valence-electron chi connectivity index (χ1n) is 5.36. The lowest BCUT2D eigenvalue weighted by Crippen LogP contribution is -2.06. The van der Waals surface area contributed by atoms with Crippen LogP contribution in [0.5, 0.6) is 0 Å².